The van der Waals surface area contributed by atoms with Gasteiger partial charge in [-0.15, -0.1) is 0 Å². The number of nitrogens with zero attached hydrogens (tertiary/aromatic N) is 3. The maximum Gasteiger partial charge on any atom is 0.304 e. The molecule has 0 aromatic heterocycles. The Morgan fingerprint density at radius 1 is 0.982 bits per heavy atom. The largest absolute Gasteiger partial charge is 0.497 e. The SMILES string of the molecule is COc1ccc([Si](C)(C)[C@@H]2[C@@H](CC(=O)N(CCO)Cc3ccccc3)O[C@]3(C(=O)N(Cc4ccc(N5C(=O)CC5OC(C)=O)cc4)c4ccc(Br)cc43)[C@H]2C)cc1. The minimum absolute atomic E-state index is 0.0395. The third kappa shape index (κ3) is 7.53. The van der Waals surface area contributed by atoms with Gasteiger partial charge in [-0.05, 0) is 59.1 Å². The summed E-state index contributed by atoms with van der Waals surface area (Å²) in [5.74, 6) is -0.528. The second-order valence-electron chi connectivity index (χ2n) is 15.6. The van der Waals surface area contributed by atoms with Crippen LogP contribution in [0.4, 0.5) is 11.4 Å². The predicted octanol–water partition coefficient (Wildman–Crippen LogP) is 6.26. The molecule has 2 saturated heterocycles. The number of benzene rings is 4. The van der Waals surface area contributed by atoms with Crippen molar-refractivity contribution in [3.05, 3.63) is 118 Å². The Bertz CT molecular complexity index is 2150. The highest BCUT2D eigenvalue weighted by Crippen LogP contribution is 2.60. The number of anilines is 2. The van der Waals surface area contributed by atoms with Crippen molar-refractivity contribution in [2.45, 2.75) is 76.3 Å². The third-order valence-corrected chi connectivity index (χ3v) is 16.7. The molecule has 298 valence electrons. The summed E-state index contributed by atoms with van der Waals surface area (Å²) >= 11 is 3.67. The van der Waals surface area contributed by atoms with Gasteiger partial charge in [-0.3, -0.25) is 24.1 Å². The fourth-order valence-corrected chi connectivity index (χ4v) is 13.5. The van der Waals surface area contributed by atoms with Gasteiger partial charge in [0.2, 0.25) is 11.8 Å². The van der Waals surface area contributed by atoms with Crippen LogP contribution in [0.25, 0.3) is 0 Å². The van der Waals surface area contributed by atoms with E-state index in [1.165, 1.54) is 11.8 Å². The fraction of sp³-hybridized carbons (Fsp3) is 0.364. The maximum atomic E-state index is 15.3. The molecule has 1 unspecified atom stereocenters. The van der Waals surface area contributed by atoms with E-state index in [9.17, 15) is 19.5 Å². The van der Waals surface area contributed by atoms with E-state index >= 15 is 4.79 Å². The number of carbonyl (C=O) groups is 4. The van der Waals surface area contributed by atoms with Crippen molar-refractivity contribution >= 4 is 64.3 Å². The van der Waals surface area contributed by atoms with Crippen LogP contribution in [-0.4, -0.2) is 74.4 Å². The summed E-state index contributed by atoms with van der Waals surface area (Å²) in [6, 6.07) is 30.9. The van der Waals surface area contributed by atoms with E-state index in [4.69, 9.17) is 14.2 Å². The van der Waals surface area contributed by atoms with E-state index < -0.39 is 32.0 Å². The zero-order valence-electron chi connectivity index (χ0n) is 32.8. The third-order valence-electron chi connectivity index (χ3n) is 11.9. The van der Waals surface area contributed by atoms with Gasteiger partial charge < -0.3 is 29.1 Å². The first kappa shape index (κ1) is 40.4. The minimum Gasteiger partial charge on any atom is -0.497 e. The molecule has 0 bridgehead atoms. The predicted molar refractivity (Wildman–Crippen MR) is 223 cm³/mol. The highest BCUT2D eigenvalue weighted by molar-refractivity contribution is 9.10. The Kier molecular flexibility index (Phi) is 11.5. The van der Waals surface area contributed by atoms with Gasteiger partial charge in [-0.25, -0.2) is 0 Å². The van der Waals surface area contributed by atoms with E-state index in [0.717, 1.165) is 37.8 Å². The summed E-state index contributed by atoms with van der Waals surface area (Å²) in [6.07, 6.45) is -1.08. The summed E-state index contributed by atoms with van der Waals surface area (Å²) in [5.41, 5.74) is 2.31. The van der Waals surface area contributed by atoms with Gasteiger partial charge in [0.25, 0.3) is 5.91 Å². The van der Waals surface area contributed by atoms with Gasteiger partial charge in [-0.2, -0.15) is 0 Å². The Morgan fingerprint density at radius 2 is 1.68 bits per heavy atom. The van der Waals surface area contributed by atoms with Crippen LogP contribution in [0.3, 0.4) is 0 Å². The summed E-state index contributed by atoms with van der Waals surface area (Å²) in [4.78, 5) is 58.6. The molecule has 4 aromatic rings. The Morgan fingerprint density at radius 3 is 2.32 bits per heavy atom. The lowest BCUT2D eigenvalue weighted by atomic mass is 9.82. The molecule has 3 amide bonds. The first-order valence-corrected chi connectivity index (χ1v) is 23.1. The highest BCUT2D eigenvalue weighted by atomic mass is 79.9. The zero-order valence-corrected chi connectivity index (χ0v) is 35.4. The number of aliphatic hydroxyl groups is 1. The van der Waals surface area contributed by atoms with E-state index in [2.05, 4.69) is 48.1 Å². The number of β-lactam (4-membered cyclic amide) rings is 1. The van der Waals surface area contributed by atoms with Gasteiger partial charge in [-0.1, -0.05) is 95.7 Å². The molecular formula is C44H48BrN3O8Si. The first-order chi connectivity index (χ1) is 27.3. The van der Waals surface area contributed by atoms with Crippen LogP contribution in [0.2, 0.25) is 18.6 Å². The van der Waals surface area contributed by atoms with Crippen molar-refractivity contribution in [2.24, 2.45) is 5.92 Å². The lowest BCUT2D eigenvalue weighted by Crippen LogP contribution is -2.54. The lowest BCUT2D eigenvalue weighted by molar-refractivity contribution is -0.154. The lowest BCUT2D eigenvalue weighted by Gasteiger charge is -2.39. The number of esters is 1. The molecule has 3 heterocycles. The number of rotatable bonds is 13. The summed E-state index contributed by atoms with van der Waals surface area (Å²) < 4.78 is 18.8. The van der Waals surface area contributed by atoms with Gasteiger partial charge in [0.15, 0.2) is 11.8 Å². The van der Waals surface area contributed by atoms with Crippen LogP contribution >= 0.6 is 15.9 Å². The molecule has 7 rings (SSSR count). The molecular weight excluding hydrogens is 806 g/mol. The number of ether oxygens (including phenoxy) is 3. The van der Waals surface area contributed by atoms with E-state index in [-0.39, 0.29) is 61.7 Å². The number of hydrogen-bond donors (Lipinski definition) is 1. The quantitative estimate of drug-likeness (QED) is 0.0951. The van der Waals surface area contributed by atoms with Crippen molar-refractivity contribution in [2.75, 3.05) is 30.1 Å². The number of fused-ring (bicyclic) bond motifs is 2. The molecule has 13 heteroatoms. The molecule has 3 aliphatic heterocycles. The molecule has 1 N–H and O–H groups in total. The highest BCUT2D eigenvalue weighted by Gasteiger charge is 2.66. The van der Waals surface area contributed by atoms with Crippen molar-refractivity contribution < 1.29 is 38.5 Å². The standard InChI is InChI=1S/C44H48BrN3O8Si/c1-28-42(57(4,5)35-18-16-34(54-3)17-19-35)38(24-39(51)46(21-22-49)26-30-9-7-6-8-10-30)56-44(28)36-23-32(45)13-20-37(36)47(43(44)53)27-31-11-14-33(15-12-31)48-40(52)25-41(48)55-29(2)50/h6-20,23,28,38,41-42,49H,21-22,24-27H2,1-5H3/t28-,38+,41?,42-,44+/m0/s1. The second-order valence-corrected chi connectivity index (χ2v) is 21.2. The number of halogens is 1. The molecule has 4 aromatic carbocycles. The summed E-state index contributed by atoms with van der Waals surface area (Å²) in [5, 5.41) is 11.2. The Labute approximate surface area is 342 Å². The van der Waals surface area contributed by atoms with E-state index in [1.807, 2.05) is 72.8 Å². The first-order valence-electron chi connectivity index (χ1n) is 19.2. The molecule has 5 atom stereocenters. The number of hydrogen-bond acceptors (Lipinski definition) is 8. The molecule has 1 spiro atoms. The van der Waals surface area contributed by atoms with Gasteiger partial charge in [0, 0.05) is 41.7 Å². The number of aliphatic hydroxyl groups excluding tert-OH is 1. The molecule has 57 heavy (non-hydrogen) atoms. The van der Waals surface area contributed by atoms with Crippen LogP contribution in [0.5, 0.6) is 5.75 Å². The average molecular weight is 855 g/mol. The number of carbonyl (C=O) groups excluding carboxylic acids is 4. The number of methoxy groups -OCH3 is 1. The monoisotopic (exact) mass is 853 g/mol. The Hall–Kier alpha value is -4.82. The Balaban J connectivity index is 1.24. The van der Waals surface area contributed by atoms with Gasteiger partial charge in [0.05, 0.1) is 53.0 Å². The average Bonchev–Trinajstić information content (AvgIpc) is 3.60. The molecule has 2 fully saturated rings. The molecule has 0 radical (unpaired) electrons. The van der Waals surface area contributed by atoms with Gasteiger partial charge in [0.1, 0.15) is 5.75 Å². The van der Waals surface area contributed by atoms with Crippen molar-refractivity contribution in [3.8, 4) is 5.75 Å². The smallest absolute Gasteiger partial charge is 0.304 e. The van der Waals surface area contributed by atoms with Crippen LogP contribution in [0.1, 0.15) is 43.4 Å². The van der Waals surface area contributed by atoms with Crippen molar-refractivity contribution in [3.63, 3.8) is 0 Å². The van der Waals surface area contributed by atoms with E-state index in [1.54, 1.807) is 29.0 Å². The summed E-state index contributed by atoms with van der Waals surface area (Å²) in [7, 11) is -0.902. The van der Waals surface area contributed by atoms with Gasteiger partial charge >= 0.3 is 5.97 Å². The van der Waals surface area contributed by atoms with Crippen LogP contribution < -0.4 is 19.7 Å². The van der Waals surface area contributed by atoms with Crippen molar-refractivity contribution in [1.29, 1.82) is 0 Å². The normalized spacial score (nSPS) is 22.7. The molecule has 11 nitrogen and oxygen atoms in total. The molecule has 0 saturated carbocycles. The fourth-order valence-electron chi connectivity index (χ4n) is 9.09. The van der Waals surface area contributed by atoms with E-state index in [0.29, 0.717) is 12.2 Å². The molecule has 3 aliphatic rings. The minimum atomic E-state index is -2.54. The summed E-state index contributed by atoms with van der Waals surface area (Å²) in [6.45, 7) is 8.53. The number of amides is 3. The molecule has 0 aliphatic carbocycles. The van der Waals surface area contributed by atoms with Crippen LogP contribution in [-0.2, 0) is 47.3 Å². The van der Waals surface area contributed by atoms with Crippen LogP contribution in [0, 0.1) is 5.92 Å². The zero-order chi connectivity index (χ0) is 40.6. The van der Waals surface area contributed by atoms with Crippen molar-refractivity contribution in [1.82, 2.24) is 4.90 Å². The second kappa shape index (κ2) is 16.2. The maximum absolute atomic E-state index is 15.3. The topological polar surface area (TPSA) is 126 Å². The van der Waals surface area contributed by atoms with Crippen LogP contribution in [0.15, 0.2) is 102 Å².